The maximum atomic E-state index is 12.4. The molecule has 0 saturated carbocycles. The summed E-state index contributed by atoms with van der Waals surface area (Å²) >= 11 is 0. The molecule has 2 fully saturated rings. The molecule has 2 aliphatic rings. The number of aryl methyl sites for hydroxylation is 1. The normalized spacial score (nSPS) is 19.3. The zero-order valence-corrected chi connectivity index (χ0v) is 14.2. The van der Waals surface area contributed by atoms with Gasteiger partial charge in [-0.2, -0.15) is 0 Å². The first kappa shape index (κ1) is 17.1. The molecule has 1 N–H and O–H groups in total. The predicted molar refractivity (Wildman–Crippen MR) is 89.4 cm³/mol. The molecule has 0 unspecified atom stereocenters. The number of carbonyl (C=O) groups is 1. The summed E-state index contributed by atoms with van der Waals surface area (Å²) in [6.07, 6.45) is 0. The lowest BCUT2D eigenvalue weighted by atomic mass is 10.3. The molecular weight excluding hydrogens is 310 g/mol. The highest BCUT2D eigenvalue weighted by molar-refractivity contribution is 5.92. The van der Waals surface area contributed by atoms with Crippen LogP contribution in [0.3, 0.4) is 0 Å². The second-order valence-electron chi connectivity index (χ2n) is 6.00. The molecule has 0 aromatic carbocycles. The summed E-state index contributed by atoms with van der Waals surface area (Å²) in [4.78, 5) is 25.6. The first-order valence-corrected chi connectivity index (χ1v) is 8.49. The first-order valence-electron chi connectivity index (χ1n) is 8.49. The van der Waals surface area contributed by atoms with Crippen LogP contribution < -0.4 is 10.2 Å². The number of anilines is 1. The van der Waals surface area contributed by atoms with Gasteiger partial charge in [0.15, 0.2) is 0 Å². The average molecular weight is 335 g/mol. The lowest BCUT2D eigenvalue weighted by Crippen LogP contribution is -2.41. The fourth-order valence-corrected chi connectivity index (χ4v) is 2.82. The summed E-state index contributed by atoms with van der Waals surface area (Å²) in [6, 6.07) is 1.73. The highest BCUT2D eigenvalue weighted by Crippen LogP contribution is 2.12. The molecule has 1 aromatic heterocycles. The summed E-state index contributed by atoms with van der Waals surface area (Å²) in [7, 11) is 0. The van der Waals surface area contributed by atoms with E-state index in [4.69, 9.17) is 9.47 Å². The van der Waals surface area contributed by atoms with Crippen LogP contribution in [0.1, 0.15) is 16.2 Å². The molecule has 3 heterocycles. The lowest BCUT2D eigenvalue weighted by Gasteiger charge is -2.27. The van der Waals surface area contributed by atoms with Crippen LogP contribution in [0, 0.1) is 6.92 Å². The van der Waals surface area contributed by atoms with Crippen molar-refractivity contribution in [2.24, 2.45) is 0 Å². The van der Waals surface area contributed by atoms with Crippen LogP contribution in [0.15, 0.2) is 6.07 Å². The van der Waals surface area contributed by atoms with Gasteiger partial charge in [-0.25, -0.2) is 9.97 Å². The third-order valence-electron chi connectivity index (χ3n) is 4.19. The van der Waals surface area contributed by atoms with Crippen molar-refractivity contribution in [1.82, 2.24) is 20.2 Å². The van der Waals surface area contributed by atoms with E-state index >= 15 is 0 Å². The van der Waals surface area contributed by atoms with Crippen LogP contribution in [0.2, 0.25) is 0 Å². The van der Waals surface area contributed by atoms with Gasteiger partial charge in [-0.1, -0.05) is 0 Å². The number of nitrogens with zero attached hydrogens (tertiary/aromatic N) is 4. The Bertz CT molecular complexity index is 557. The molecule has 0 aliphatic carbocycles. The fourth-order valence-electron chi connectivity index (χ4n) is 2.82. The van der Waals surface area contributed by atoms with E-state index in [0.29, 0.717) is 31.4 Å². The van der Waals surface area contributed by atoms with E-state index in [9.17, 15) is 4.79 Å². The van der Waals surface area contributed by atoms with Gasteiger partial charge in [-0.3, -0.25) is 9.69 Å². The molecule has 2 saturated heterocycles. The van der Waals surface area contributed by atoms with Crippen LogP contribution in [0.25, 0.3) is 0 Å². The quantitative estimate of drug-likeness (QED) is 0.790. The molecule has 8 heteroatoms. The van der Waals surface area contributed by atoms with Gasteiger partial charge in [-0.15, -0.1) is 0 Å². The Balaban J connectivity index is 1.56. The standard InChI is InChI=1S/C16H25N5O3/c1-13-12-14(19-16(18-13)21-6-10-24-11-7-21)15(22)17-2-3-20-4-8-23-9-5-20/h12H,2-11H2,1H3,(H,17,22). The molecule has 0 radical (unpaired) electrons. The molecule has 0 atom stereocenters. The minimum Gasteiger partial charge on any atom is -0.379 e. The number of nitrogens with one attached hydrogen (secondary N) is 1. The minimum atomic E-state index is -0.150. The number of carbonyl (C=O) groups excluding carboxylic acids is 1. The van der Waals surface area contributed by atoms with Crippen molar-refractivity contribution in [3.63, 3.8) is 0 Å². The topological polar surface area (TPSA) is 79.8 Å². The first-order chi connectivity index (χ1) is 11.7. The van der Waals surface area contributed by atoms with Gasteiger partial charge in [0.1, 0.15) is 5.69 Å². The highest BCUT2D eigenvalue weighted by atomic mass is 16.5. The number of ether oxygens (including phenoxy) is 2. The molecule has 3 rings (SSSR count). The van der Waals surface area contributed by atoms with Crippen molar-refractivity contribution >= 4 is 11.9 Å². The van der Waals surface area contributed by atoms with Crippen LogP contribution in [-0.2, 0) is 9.47 Å². The monoisotopic (exact) mass is 335 g/mol. The zero-order chi connectivity index (χ0) is 16.8. The maximum Gasteiger partial charge on any atom is 0.270 e. The number of morpholine rings is 2. The summed E-state index contributed by atoms with van der Waals surface area (Å²) in [6.45, 7) is 9.53. The summed E-state index contributed by atoms with van der Waals surface area (Å²) < 4.78 is 10.7. The predicted octanol–water partition coefficient (Wildman–Crippen LogP) is -0.316. The van der Waals surface area contributed by atoms with E-state index in [1.165, 1.54) is 0 Å². The molecule has 1 amide bonds. The van der Waals surface area contributed by atoms with E-state index in [1.807, 2.05) is 6.92 Å². The molecule has 1 aromatic rings. The third-order valence-corrected chi connectivity index (χ3v) is 4.19. The lowest BCUT2D eigenvalue weighted by molar-refractivity contribution is 0.0383. The summed E-state index contributed by atoms with van der Waals surface area (Å²) in [5, 5.41) is 2.95. The Morgan fingerprint density at radius 3 is 2.50 bits per heavy atom. The van der Waals surface area contributed by atoms with E-state index in [-0.39, 0.29) is 5.91 Å². The summed E-state index contributed by atoms with van der Waals surface area (Å²) in [5.41, 5.74) is 1.22. The van der Waals surface area contributed by atoms with Gasteiger partial charge < -0.3 is 19.7 Å². The van der Waals surface area contributed by atoms with E-state index in [2.05, 4.69) is 25.1 Å². The zero-order valence-electron chi connectivity index (χ0n) is 14.2. The van der Waals surface area contributed by atoms with Crippen molar-refractivity contribution in [3.8, 4) is 0 Å². The van der Waals surface area contributed by atoms with Gasteiger partial charge in [0, 0.05) is 45.0 Å². The minimum absolute atomic E-state index is 0.150. The van der Waals surface area contributed by atoms with Crippen LogP contribution >= 0.6 is 0 Å². The van der Waals surface area contributed by atoms with Gasteiger partial charge in [0.2, 0.25) is 5.95 Å². The number of amides is 1. The van der Waals surface area contributed by atoms with Crippen LogP contribution in [-0.4, -0.2) is 86.5 Å². The van der Waals surface area contributed by atoms with Gasteiger partial charge in [0.05, 0.1) is 26.4 Å². The van der Waals surface area contributed by atoms with Gasteiger partial charge in [-0.05, 0) is 13.0 Å². The van der Waals surface area contributed by atoms with Crippen molar-refractivity contribution in [2.45, 2.75) is 6.92 Å². The molecule has 2 aliphatic heterocycles. The Morgan fingerprint density at radius 1 is 1.12 bits per heavy atom. The number of rotatable bonds is 5. The fraction of sp³-hybridized carbons (Fsp3) is 0.688. The second-order valence-corrected chi connectivity index (χ2v) is 6.00. The Labute approximate surface area is 142 Å². The van der Waals surface area contributed by atoms with Crippen molar-refractivity contribution in [2.75, 3.05) is 70.6 Å². The third kappa shape index (κ3) is 4.62. The molecule has 24 heavy (non-hydrogen) atoms. The molecule has 8 nitrogen and oxygen atoms in total. The SMILES string of the molecule is Cc1cc(C(=O)NCCN2CCOCC2)nc(N2CCOCC2)n1. The second kappa shape index (κ2) is 8.36. The van der Waals surface area contributed by atoms with E-state index < -0.39 is 0 Å². The van der Waals surface area contributed by atoms with Crippen LogP contribution in [0.4, 0.5) is 5.95 Å². The van der Waals surface area contributed by atoms with Crippen LogP contribution in [0.5, 0.6) is 0 Å². The molecular formula is C16H25N5O3. The number of hydrogen-bond acceptors (Lipinski definition) is 7. The number of hydrogen-bond donors (Lipinski definition) is 1. The molecule has 0 bridgehead atoms. The Morgan fingerprint density at radius 2 is 1.79 bits per heavy atom. The number of aromatic nitrogens is 2. The average Bonchev–Trinajstić information content (AvgIpc) is 2.63. The van der Waals surface area contributed by atoms with Gasteiger partial charge in [0.25, 0.3) is 5.91 Å². The molecule has 132 valence electrons. The van der Waals surface area contributed by atoms with Gasteiger partial charge >= 0.3 is 0 Å². The van der Waals surface area contributed by atoms with E-state index in [1.54, 1.807) is 6.07 Å². The Kier molecular flexibility index (Phi) is 5.95. The summed E-state index contributed by atoms with van der Waals surface area (Å²) in [5.74, 6) is 0.458. The van der Waals surface area contributed by atoms with Crippen molar-refractivity contribution in [3.05, 3.63) is 17.5 Å². The smallest absolute Gasteiger partial charge is 0.270 e. The van der Waals surface area contributed by atoms with E-state index in [0.717, 1.165) is 51.6 Å². The van der Waals surface area contributed by atoms with Crippen molar-refractivity contribution < 1.29 is 14.3 Å². The highest BCUT2D eigenvalue weighted by Gasteiger charge is 2.17. The largest absolute Gasteiger partial charge is 0.379 e. The maximum absolute atomic E-state index is 12.4. The molecule has 0 spiro atoms. The Hall–Kier alpha value is -1.77. The van der Waals surface area contributed by atoms with Crippen molar-refractivity contribution in [1.29, 1.82) is 0 Å².